The Morgan fingerprint density at radius 2 is 1.83 bits per heavy atom. The Morgan fingerprint density at radius 3 is 2.41 bits per heavy atom. The number of fused-ring (bicyclic) bond motifs is 2. The molecule has 2 aliphatic rings. The first-order valence-electron chi connectivity index (χ1n) is 9.12. The summed E-state index contributed by atoms with van der Waals surface area (Å²) >= 11 is 0. The molecule has 1 unspecified atom stereocenters. The second-order valence-electron chi connectivity index (χ2n) is 7.10. The van der Waals surface area contributed by atoms with Gasteiger partial charge in [0.15, 0.2) is 14.9 Å². The Hall–Kier alpha value is -2.47. The largest absolute Gasteiger partial charge is 0.408 e. The smallest absolute Gasteiger partial charge is 0.305 e. The number of alkyl halides is 3. The minimum Gasteiger partial charge on any atom is -0.305 e. The summed E-state index contributed by atoms with van der Waals surface area (Å²) in [7, 11) is -3.79. The van der Waals surface area contributed by atoms with Crippen LogP contribution in [0.2, 0.25) is 0 Å². The quantitative estimate of drug-likeness (QED) is 0.782. The van der Waals surface area contributed by atoms with Crippen LogP contribution in [0.1, 0.15) is 35.4 Å². The van der Waals surface area contributed by atoms with Crippen LogP contribution in [0.25, 0.3) is 0 Å². The second-order valence-corrected chi connectivity index (χ2v) is 8.84. The molecule has 156 valence electrons. The summed E-state index contributed by atoms with van der Waals surface area (Å²) in [6.45, 7) is -1.36. The van der Waals surface area contributed by atoms with Gasteiger partial charge in [-0.15, -0.1) is 4.36 Å². The molecule has 0 spiro atoms. The normalized spacial score (nSPS) is 17.5. The average molecular weight is 428 g/mol. The molecule has 2 heterocycles. The molecule has 4 rings (SSSR count). The maximum atomic E-state index is 12.6. The van der Waals surface area contributed by atoms with Gasteiger partial charge in [0.05, 0.1) is 5.69 Å². The molecule has 0 aromatic carbocycles. The highest BCUT2D eigenvalue weighted by Gasteiger charge is 2.29. The van der Waals surface area contributed by atoms with Crippen molar-refractivity contribution in [2.75, 3.05) is 5.32 Å². The standard InChI is InChI=1S/C17H19F3N6O2S/c18-17(19,20)9-26-8-7-14(24-26)29(21,28)25-16(27)23-15-10-3-1-5-12(10)22-13-6-2-4-11(13)15/h7-8H,1-6,9H2,(H3,21,22,23,25,27,28). The van der Waals surface area contributed by atoms with Crippen LogP contribution in [0.15, 0.2) is 21.7 Å². The number of nitrogens with one attached hydrogen (secondary N) is 1. The van der Waals surface area contributed by atoms with Crippen molar-refractivity contribution in [2.45, 2.75) is 56.3 Å². The molecule has 8 nitrogen and oxygen atoms in total. The van der Waals surface area contributed by atoms with Crippen LogP contribution in [0, 0.1) is 0 Å². The lowest BCUT2D eigenvalue weighted by atomic mass is 10.1. The number of halogens is 3. The molecular formula is C17H19F3N6O2S. The number of nitrogens with two attached hydrogens (primary N) is 1. The Bertz CT molecular complexity index is 1070. The van der Waals surface area contributed by atoms with Crippen molar-refractivity contribution < 1.29 is 22.2 Å². The fourth-order valence-corrected chi connectivity index (χ4v) is 4.67. The molecule has 1 atom stereocenters. The Labute approximate surface area is 165 Å². The topological polar surface area (TPSA) is 115 Å². The van der Waals surface area contributed by atoms with Crippen molar-refractivity contribution in [1.29, 1.82) is 0 Å². The third kappa shape index (κ3) is 4.13. The molecule has 0 radical (unpaired) electrons. The molecule has 3 N–H and O–H groups in total. The van der Waals surface area contributed by atoms with Gasteiger partial charge in [-0.2, -0.15) is 18.3 Å². The zero-order valence-corrected chi connectivity index (χ0v) is 16.1. The average Bonchev–Trinajstić information content (AvgIpc) is 3.31. The number of anilines is 1. The van der Waals surface area contributed by atoms with Gasteiger partial charge in [0.2, 0.25) is 0 Å². The zero-order chi connectivity index (χ0) is 20.8. The molecule has 2 aromatic rings. The fourth-order valence-electron chi connectivity index (χ4n) is 3.81. The highest BCUT2D eigenvalue weighted by atomic mass is 32.2. The predicted molar refractivity (Wildman–Crippen MR) is 98.6 cm³/mol. The lowest BCUT2D eigenvalue weighted by molar-refractivity contribution is -0.142. The number of hydrogen-bond donors (Lipinski definition) is 2. The summed E-state index contributed by atoms with van der Waals surface area (Å²) < 4.78 is 54.1. The summed E-state index contributed by atoms with van der Waals surface area (Å²) in [5, 5.41) is 11.5. The van der Waals surface area contributed by atoms with Gasteiger partial charge in [0.1, 0.15) is 6.54 Å². The molecule has 2 aromatic heterocycles. The van der Waals surface area contributed by atoms with Gasteiger partial charge in [0.25, 0.3) is 0 Å². The second kappa shape index (κ2) is 7.10. The summed E-state index contributed by atoms with van der Waals surface area (Å²) in [6, 6.07) is 0.143. The molecule has 0 fully saturated rings. The summed E-state index contributed by atoms with van der Waals surface area (Å²) in [5.41, 5.74) is 4.51. The van der Waals surface area contributed by atoms with E-state index in [4.69, 9.17) is 5.14 Å². The van der Waals surface area contributed by atoms with Crippen LogP contribution in [-0.2, 0) is 42.1 Å². The van der Waals surface area contributed by atoms with Crippen LogP contribution in [-0.4, -0.2) is 31.2 Å². The van der Waals surface area contributed by atoms with Crippen LogP contribution in [0.5, 0.6) is 0 Å². The highest BCUT2D eigenvalue weighted by Crippen LogP contribution is 2.36. The highest BCUT2D eigenvalue weighted by molar-refractivity contribution is 7.91. The van der Waals surface area contributed by atoms with E-state index in [1.807, 2.05) is 0 Å². The van der Waals surface area contributed by atoms with E-state index in [-0.39, 0.29) is 5.03 Å². The SMILES string of the molecule is NS(=O)(=NC(=O)Nc1c2c(nc3c1CCC3)CCC2)c1ccn(CC(F)(F)F)n1. The van der Waals surface area contributed by atoms with Gasteiger partial charge in [-0.05, 0) is 55.7 Å². The number of carbonyl (C=O) groups excluding carboxylic acids is 1. The van der Waals surface area contributed by atoms with Gasteiger partial charge in [-0.1, -0.05) is 0 Å². The predicted octanol–water partition coefficient (Wildman–Crippen LogP) is 2.75. The van der Waals surface area contributed by atoms with Gasteiger partial charge >= 0.3 is 12.2 Å². The molecule has 0 saturated heterocycles. The lowest BCUT2D eigenvalue weighted by Crippen LogP contribution is -2.21. The lowest BCUT2D eigenvalue weighted by Gasteiger charge is -2.14. The van der Waals surface area contributed by atoms with Crippen molar-refractivity contribution in [2.24, 2.45) is 9.50 Å². The molecule has 2 amide bonds. The van der Waals surface area contributed by atoms with E-state index in [0.29, 0.717) is 10.4 Å². The number of aromatic nitrogens is 3. The van der Waals surface area contributed by atoms with Crippen LogP contribution in [0.3, 0.4) is 0 Å². The number of pyridine rings is 1. The Kier molecular flexibility index (Phi) is 4.85. The Morgan fingerprint density at radius 1 is 1.21 bits per heavy atom. The Balaban J connectivity index is 1.60. The van der Waals surface area contributed by atoms with Crippen molar-refractivity contribution in [3.05, 3.63) is 34.8 Å². The number of hydrogen-bond acceptors (Lipinski definition) is 4. The van der Waals surface area contributed by atoms with Crippen LogP contribution < -0.4 is 10.5 Å². The minimum atomic E-state index is -4.49. The molecule has 12 heteroatoms. The number of aryl methyl sites for hydroxylation is 2. The molecular weight excluding hydrogens is 409 g/mol. The first kappa shape index (κ1) is 19.8. The third-order valence-electron chi connectivity index (χ3n) is 4.96. The number of nitrogens with zero attached hydrogens (tertiary/aromatic N) is 4. The number of amides is 2. The molecule has 0 saturated carbocycles. The number of urea groups is 1. The summed E-state index contributed by atoms with van der Waals surface area (Å²) in [4.78, 5) is 17.2. The third-order valence-corrected chi connectivity index (χ3v) is 6.21. The van der Waals surface area contributed by atoms with E-state index in [1.165, 1.54) is 0 Å². The minimum absolute atomic E-state index is 0.387. The van der Waals surface area contributed by atoms with E-state index in [2.05, 4.69) is 19.8 Å². The summed E-state index contributed by atoms with van der Waals surface area (Å²) in [6.07, 6.45) is 1.63. The van der Waals surface area contributed by atoms with E-state index in [1.54, 1.807) is 0 Å². The summed E-state index contributed by atoms with van der Waals surface area (Å²) in [5.74, 6) is 0. The maximum Gasteiger partial charge on any atom is 0.408 e. The van der Waals surface area contributed by atoms with Crippen molar-refractivity contribution >= 4 is 21.6 Å². The van der Waals surface area contributed by atoms with Gasteiger partial charge in [-0.3, -0.25) is 9.67 Å². The first-order valence-corrected chi connectivity index (χ1v) is 10.7. The fraction of sp³-hybridized carbons (Fsp3) is 0.471. The van der Waals surface area contributed by atoms with Gasteiger partial charge in [0, 0.05) is 17.6 Å². The van der Waals surface area contributed by atoms with E-state index < -0.39 is 28.7 Å². The van der Waals surface area contributed by atoms with Crippen LogP contribution in [0.4, 0.5) is 23.7 Å². The van der Waals surface area contributed by atoms with Crippen LogP contribution >= 0.6 is 0 Å². The van der Waals surface area contributed by atoms with E-state index in [9.17, 15) is 22.2 Å². The molecule has 29 heavy (non-hydrogen) atoms. The zero-order valence-electron chi connectivity index (χ0n) is 15.3. The first-order chi connectivity index (χ1) is 13.6. The van der Waals surface area contributed by atoms with Gasteiger partial charge < -0.3 is 5.32 Å². The van der Waals surface area contributed by atoms with E-state index >= 15 is 0 Å². The number of carbonyl (C=O) groups is 1. The molecule has 2 aliphatic carbocycles. The maximum absolute atomic E-state index is 12.6. The molecule has 0 aliphatic heterocycles. The molecule has 0 bridgehead atoms. The van der Waals surface area contributed by atoms with Crippen molar-refractivity contribution in [1.82, 2.24) is 14.8 Å². The number of rotatable bonds is 3. The van der Waals surface area contributed by atoms with Crippen molar-refractivity contribution in [3.8, 4) is 0 Å². The monoisotopic (exact) mass is 428 g/mol. The van der Waals surface area contributed by atoms with E-state index in [0.717, 1.165) is 73.3 Å². The van der Waals surface area contributed by atoms with Gasteiger partial charge in [-0.25, -0.2) is 14.1 Å². The van der Waals surface area contributed by atoms with Crippen molar-refractivity contribution in [3.63, 3.8) is 0 Å².